The standard InChI is InChI=1S/C32H37N5O2S2/c1-3-4-10-25-15-17-26(18-16-25)31(39)36-20-19-35(23-24(36)2)29(38)14-9-22-41-32-34-33-30(28-13-8-21-40-28)37(32)27-11-6-5-7-12-27/h5-8,11-13,15-18,21,24H,3-4,9-10,14,19-20,22-23H2,1-2H3. The molecule has 2 amide bonds. The number of benzene rings is 2. The van der Waals surface area contributed by atoms with E-state index in [1.54, 1.807) is 23.1 Å². The lowest BCUT2D eigenvalue weighted by Gasteiger charge is -2.40. The summed E-state index contributed by atoms with van der Waals surface area (Å²) in [6.07, 6.45) is 4.59. The molecule has 0 aliphatic carbocycles. The van der Waals surface area contributed by atoms with Crippen LogP contribution in [-0.2, 0) is 11.2 Å². The molecule has 0 radical (unpaired) electrons. The number of hydrogen-bond donors (Lipinski definition) is 0. The van der Waals surface area contributed by atoms with E-state index in [1.807, 2.05) is 58.5 Å². The fourth-order valence-electron chi connectivity index (χ4n) is 5.13. The molecule has 3 heterocycles. The number of para-hydroxylation sites is 1. The number of thiophene rings is 1. The molecule has 214 valence electrons. The first kappa shape index (κ1) is 29.1. The molecule has 5 rings (SSSR count). The molecule has 41 heavy (non-hydrogen) atoms. The molecule has 1 aliphatic heterocycles. The third-order valence-electron chi connectivity index (χ3n) is 7.42. The number of carbonyl (C=O) groups excluding carboxylic acids is 2. The fourth-order valence-corrected chi connectivity index (χ4v) is 6.72. The van der Waals surface area contributed by atoms with Crippen LogP contribution in [0.3, 0.4) is 0 Å². The summed E-state index contributed by atoms with van der Waals surface area (Å²) in [7, 11) is 0. The summed E-state index contributed by atoms with van der Waals surface area (Å²) in [4.78, 5) is 31.1. The molecule has 4 aromatic rings. The zero-order chi connectivity index (χ0) is 28.6. The Morgan fingerprint density at radius 2 is 1.78 bits per heavy atom. The molecule has 2 aromatic carbocycles. The molecule has 0 saturated carbocycles. The summed E-state index contributed by atoms with van der Waals surface area (Å²) in [5.74, 6) is 1.79. The number of amides is 2. The molecule has 1 fully saturated rings. The van der Waals surface area contributed by atoms with Gasteiger partial charge in [0.15, 0.2) is 11.0 Å². The predicted molar refractivity (Wildman–Crippen MR) is 167 cm³/mol. The van der Waals surface area contributed by atoms with Gasteiger partial charge in [0.2, 0.25) is 5.91 Å². The Balaban J connectivity index is 1.12. The first-order valence-electron chi connectivity index (χ1n) is 14.4. The van der Waals surface area contributed by atoms with Gasteiger partial charge in [0.25, 0.3) is 5.91 Å². The normalized spacial score (nSPS) is 15.3. The highest BCUT2D eigenvalue weighted by Crippen LogP contribution is 2.30. The minimum Gasteiger partial charge on any atom is -0.339 e. The fraction of sp³-hybridized carbons (Fsp3) is 0.375. The van der Waals surface area contributed by atoms with Gasteiger partial charge in [-0.05, 0) is 67.5 Å². The summed E-state index contributed by atoms with van der Waals surface area (Å²) in [5.41, 5.74) is 3.01. The van der Waals surface area contributed by atoms with E-state index < -0.39 is 0 Å². The van der Waals surface area contributed by atoms with Crippen molar-refractivity contribution in [3.63, 3.8) is 0 Å². The molecular formula is C32H37N5O2S2. The SMILES string of the molecule is CCCCc1ccc(C(=O)N2CCN(C(=O)CCCSc3nnc(-c4cccs4)n3-c3ccccc3)CC2C)cc1. The molecule has 1 atom stereocenters. The summed E-state index contributed by atoms with van der Waals surface area (Å²) >= 11 is 3.27. The molecule has 0 bridgehead atoms. The van der Waals surface area contributed by atoms with Gasteiger partial charge < -0.3 is 9.80 Å². The van der Waals surface area contributed by atoms with Crippen molar-refractivity contribution >= 4 is 34.9 Å². The van der Waals surface area contributed by atoms with Gasteiger partial charge in [-0.1, -0.05) is 61.5 Å². The first-order valence-corrected chi connectivity index (χ1v) is 16.3. The van der Waals surface area contributed by atoms with Crippen LogP contribution in [0.4, 0.5) is 0 Å². The topological polar surface area (TPSA) is 71.3 Å². The predicted octanol–water partition coefficient (Wildman–Crippen LogP) is 6.58. The van der Waals surface area contributed by atoms with Crippen LogP contribution in [0.2, 0.25) is 0 Å². The second-order valence-corrected chi connectivity index (χ2v) is 12.4. The van der Waals surface area contributed by atoms with Gasteiger partial charge in [0, 0.05) is 49.1 Å². The van der Waals surface area contributed by atoms with Crippen LogP contribution in [0.5, 0.6) is 0 Å². The van der Waals surface area contributed by atoms with Gasteiger partial charge in [0.1, 0.15) is 0 Å². The van der Waals surface area contributed by atoms with Crippen molar-refractivity contribution in [3.8, 4) is 16.4 Å². The van der Waals surface area contributed by atoms with E-state index in [1.165, 1.54) is 5.56 Å². The van der Waals surface area contributed by atoms with Crippen molar-refractivity contribution in [2.24, 2.45) is 0 Å². The van der Waals surface area contributed by atoms with Crippen molar-refractivity contribution in [3.05, 3.63) is 83.2 Å². The Hall–Kier alpha value is -3.43. The van der Waals surface area contributed by atoms with Crippen molar-refractivity contribution in [2.75, 3.05) is 25.4 Å². The third kappa shape index (κ3) is 7.08. The van der Waals surface area contributed by atoms with Crippen LogP contribution in [0.25, 0.3) is 16.4 Å². The number of hydrogen-bond acceptors (Lipinski definition) is 6. The lowest BCUT2D eigenvalue weighted by Crippen LogP contribution is -2.55. The zero-order valence-corrected chi connectivity index (χ0v) is 25.4. The maximum absolute atomic E-state index is 13.2. The van der Waals surface area contributed by atoms with Crippen molar-refractivity contribution in [1.82, 2.24) is 24.6 Å². The molecule has 0 spiro atoms. The summed E-state index contributed by atoms with van der Waals surface area (Å²) in [5, 5.41) is 11.8. The average molecular weight is 588 g/mol. The summed E-state index contributed by atoms with van der Waals surface area (Å²) in [6, 6.07) is 22.2. The number of aryl methyl sites for hydroxylation is 1. The Bertz CT molecular complexity index is 1420. The van der Waals surface area contributed by atoms with E-state index in [4.69, 9.17) is 0 Å². The third-order valence-corrected chi connectivity index (χ3v) is 9.30. The van der Waals surface area contributed by atoms with Crippen molar-refractivity contribution in [1.29, 1.82) is 0 Å². The number of thioether (sulfide) groups is 1. The Morgan fingerprint density at radius 1 is 0.976 bits per heavy atom. The number of piperazine rings is 1. The highest BCUT2D eigenvalue weighted by atomic mass is 32.2. The summed E-state index contributed by atoms with van der Waals surface area (Å²) < 4.78 is 2.09. The minimum atomic E-state index is -0.0190. The molecule has 7 nitrogen and oxygen atoms in total. The molecule has 9 heteroatoms. The van der Waals surface area contributed by atoms with Crippen LogP contribution < -0.4 is 0 Å². The van der Waals surface area contributed by atoms with Crippen LogP contribution in [0.1, 0.15) is 55.5 Å². The Labute approximate surface area is 250 Å². The Morgan fingerprint density at radius 3 is 2.49 bits per heavy atom. The lowest BCUT2D eigenvalue weighted by atomic mass is 10.0. The quantitative estimate of drug-likeness (QED) is 0.146. The molecule has 0 N–H and O–H groups in total. The zero-order valence-electron chi connectivity index (χ0n) is 23.7. The van der Waals surface area contributed by atoms with Gasteiger partial charge in [-0.25, -0.2) is 0 Å². The van der Waals surface area contributed by atoms with E-state index >= 15 is 0 Å². The van der Waals surface area contributed by atoms with Gasteiger partial charge in [0.05, 0.1) is 4.88 Å². The number of nitrogens with zero attached hydrogens (tertiary/aromatic N) is 5. The van der Waals surface area contributed by atoms with Gasteiger partial charge in [-0.15, -0.1) is 21.5 Å². The van der Waals surface area contributed by atoms with Crippen LogP contribution in [0.15, 0.2) is 77.3 Å². The van der Waals surface area contributed by atoms with E-state index in [2.05, 4.69) is 52.0 Å². The molecule has 1 aliphatic rings. The largest absolute Gasteiger partial charge is 0.339 e. The maximum atomic E-state index is 13.2. The lowest BCUT2D eigenvalue weighted by molar-refractivity contribution is -0.133. The van der Waals surface area contributed by atoms with Crippen LogP contribution in [-0.4, -0.2) is 67.8 Å². The van der Waals surface area contributed by atoms with E-state index in [-0.39, 0.29) is 17.9 Å². The highest BCUT2D eigenvalue weighted by Gasteiger charge is 2.30. The second-order valence-electron chi connectivity index (χ2n) is 10.4. The number of aromatic nitrogens is 3. The molecule has 2 aromatic heterocycles. The van der Waals surface area contributed by atoms with Crippen molar-refractivity contribution < 1.29 is 9.59 Å². The van der Waals surface area contributed by atoms with Gasteiger partial charge >= 0.3 is 0 Å². The van der Waals surface area contributed by atoms with Crippen LogP contribution in [0, 0.1) is 0 Å². The van der Waals surface area contributed by atoms with Gasteiger partial charge in [-0.2, -0.15) is 0 Å². The average Bonchev–Trinajstić information content (AvgIpc) is 3.69. The van der Waals surface area contributed by atoms with E-state index in [9.17, 15) is 9.59 Å². The van der Waals surface area contributed by atoms with E-state index in [0.29, 0.717) is 26.1 Å². The minimum absolute atomic E-state index is 0.0190. The molecule has 1 saturated heterocycles. The monoisotopic (exact) mass is 587 g/mol. The summed E-state index contributed by atoms with van der Waals surface area (Å²) in [6.45, 7) is 5.92. The Kier molecular flexibility index (Phi) is 9.90. The van der Waals surface area contributed by atoms with E-state index in [0.717, 1.165) is 58.5 Å². The number of unbranched alkanes of at least 4 members (excludes halogenated alkanes) is 1. The second kappa shape index (κ2) is 14.0. The number of carbonyl (C=O) groups is 2. The van der Waals surface area contributed by atoms with Crippen molar-refractivity contribution in [2.45, 2.75) is 57.1 Å². The smallest absolute Gasteiger partial charge is 0.254 e. The highest BCUT2D eigenvalue weighted by molar-refractivity contribution is 7.99. The first-order chi connectivity index (χ1) is 20.0. The van der Waals surface area contributed by atoms with Crippen LogP contribution >= 0.6 is 23.1 Å². The maximum Gasteiger partial charge on any atom is 0.254 e. The van der Waals surface area contributed by atoms with Gasteiger partial charge in [-0.3, -0.25) is 14.2 Å². The molecule has 1 unspecified atom stereocenters. The molecular weight excluding hydrogens is 551 g/mol. The number of rotatable bonds is 11.